The van der Waals surface area contributed by atoms with Gasteiger partial charge in [0.05, 0.1) is 0 Å². The van der Waals surface area contributed by atoms with Crippen LogP contribution in [0.5, 0.6) is 0 Å². The van der Waals surface area contributed by atoms with Gasteiger partial charge in [0.2, 0.25) is 0 Å². The van der Waals surface area contributed by atoms with E-state index in [0.717, 1.165) is 30.6 Å². The second kappa shape index (κ2) is 3.46. The van der Waals surface area contributed by atoms with Crippen LogP contribution in [0.25, 0.3) is 0 Å². The molecule has 1 unspecified atom stereocenters. The molecule has 1 saturated heterocycles. The van der Waals surface area contributed by atoms with Crippen LogP contribution in [-0.4, -0.2) is 13.1 Å². The molecule has 0 amide bonds. The summed E-state index contributed by atoms with van der Waals surface area (Å²) in [7, 11) is 0. The van der Waals surface area contributed by atoms with E-state index in [1.54, 1.807) is 6.07 Å². The lowest BCUT2D eigenvalue weighted by atomic mass is 9.96. The number of rotatable bonds is 1. The highest BCUT2D eigenvalue weighted by Crippen LogP contribution is 2.25. The first kappa shape index (κ1) is 8.70. The van der Waals surface area contributed by atoms with Crippen LogP contribution in [0.4, 0.5) is 4.39 Å². The highest BCUT2D eigenvalue weighted by molar-refractivity contribution is 5.28. The number of halogens is 1. The average Bonchev–Trinajstić information content (AvgIpc) is 2.61. The Labute approximate surface area is 78.0 Å². The number of nitrogens with one attached hydrogen (secondary N) is 1. The summed E-state index contributed by atoms with van der Waals surface area (Å²) in [6.07, 6.45) is 1.06. The van der Waals surface area contributed by atoms with Crippen molar-refractivity contribution in [3.63, 3.8) is 0 Å². The zero-order chi connectivity index (χ0) is 9.26. The third-order valence-electron chi connectivity index (χ3n) is 2.65. The van der Waals surface area contributed by atoms with Gasteiger partial charge in [-0.3, -0.25) is 0 Å². The molecule has 0 saturated carbocycles. The molecule has 2 heteroatoms. The average molecular weight is 179 g/mol. The minimum atomic E-state index is -0.0562. The Morgan fingerprint density at radius 3 is 3.00 bits per heavy atom. The Morgan fingerprint density at radius 1 is 1.46 bits per heavy atom. The van der Waals surface area contributed by atoms with Crippen molar-refractivity contribution in [3.05, 3.63) is 35.1 Å². The van der Waals surface area contributed by atoms with Crippen LogP contribution in [-0.2, 0) is 0 Å². The number of aryl methyl sites for hydroxylation is 1. The molecule has 0 bridgehead atoms. The fourth-order valence-electron chi connectivity index (χ4n) is 1.90. The lowest BCUT2D eigenvalue weighted by Crippen LogP contribution is -2.09. The van der Waals surface area contributed by atoms with Gasteiger partial charge in [-0.2, -0.15) is 0 Å². The number of benzene rings is 1. The van der Waals surface area contributed by atoms with Crippen LogP contribution < -0.4 is 5.32 Å². The first-order valence-electron chi connectivity index (χ1n) is 4.74. The summed E-state index contributed by atoms with van der Waals surface area (Å²) in [6.45, 7) is 3.93. The van der Waals surface area contributed by atoms with E-state index in [1.807, 2.05) is 19.1 Å². The van der Waals surface area contributed by atoms with Crippen molar-refractivity contribution in [2.45, 2.75) is 19.3 Å². The van der Waals surface area contributed by atoms with Gasteiger partial charge in [0.1, 0.15) is 5.82 Å². The van der Waals surface area contributed by atoms with Crippen molar-refractivity contribution in [3.8, 4) is 0 Å². The molecule has 1 fully saturated rings. The summed E-state index contributed by atoms with van der Waals surface area (Å²) in [4.78, 5) is 0. The molecule has 1 aliphatic rings. The molecule has 13 heavy (non-hydrogen) atoms. The molecule has 0 aromatic heterocycles. The van der Waals surface area contributed by atoms with Gasteiger partial charge in [-0.25, -0.2) is 4.39 Å². The lowest BCUT2D eigenvalue weighted by Gasteiger charge is -2.10. The molecular weight excluding hydrogens is 165 g/mol. The van der Waals surface area contributed by atoms with Gasteiger partial charge in [0.15, 0.2) is 0 Å². The molecular formula is C11H14FN. The standard InChI is InChI=1S/C11H14FN/c1-8-2-3-11(12)10(6-8)9-4-5-13-7-9/h2-3,6,9,13H,4-5,7H2,1H3. The first-order chi connectivity index (χ1) is 6.27. The maximum absolute atomic E-state index is 13.4. The molecule has 70 valence electrons. The van der Waals surface area contributed by atoms with Crippen LogP contribution in [0.3, 0.4) is 0 Å². The van der Waals surface area contributed by atoms with Crippen LogP contribution in [0.1, 0.15) is 23.5 Å². The highest BCUT2D eigenvalue weighted by Gasteiger charge is 2.19. The third kappa shape index (κ3) is 1.73. The minimum absolute atomic E-state index is 0.0562. The summed E-state index contributed by atoms with van der Waals surface area (Å²) < 4.78 is 13.4. The number of hydrogen-bond acceptors (Lipinski definition) is 1. The van der Waals surface area contributed by atoms with E-state index in [4.69, 9.17) is 0 Å². The Morgan fingerprint density at radius 2 is 2.31 bits per heavy atom. The maximum Gasteiger partial charge on any atom is 0.126 e. The SMILES string of the molecule is Cc1ccc(F)c(C2CCNC2)c1. The van der Waals surface area contributed by atoms with Gasteiger partial charge >= 0.3 is 0 Å². The van der Waals surface area contributed by atoms with Crippen LogP contribution in [0.15, 0.2) is 18.2 Å². The van der Waals surface area contributed by atoms with E-state index in [1.165, 1.54) is 0 Å². The van der Waals surface area contributed by atoms with Crippen molar-refractivity contribution < 1.29 is 4.39 Å². The van der Waals surface area contributed by atoms with Gasteiger partial charge in [-0.05, 0) is 31.5 Å². The quantitative estimate of drug-likeness (QED) is 0.697. The van der Waals surface area contributed by atoms with Gasteiger partial charge in [0.25, 0.3) is 0 Å². The van der Waals surface area contributed by atoms with Crippen molar-refractivity contribution in [1.82, 2.24) is 5.32 Å². The molecule has 0 aliphatic carbocycles. The largest absolute Gasteiger partial charge is 0.316 e. The summed E-state index contributed by atoms with van der Waals surface area (Å²) in [5.74, 6) is 0.319. The van der Waals surface area contributed by atoms with E-state index in [-0.39, 0.29) is 5.82 Å². The molecule has 0 spiro atoms. The molecule has 1 aromatic carbocycles. The summed E-state index contributed by atoms with van der Waals surface area (Å²) in [5.41, 5.74) is 2.02. The van der Waals surface area contributed by atoms with Crippen LogP contribution >= 0.6 is 0 Å². The Balaban J connectivity index is 2.32. The highest BCUT2D eigenvalue weighted by atomic mass is 19.1. The van der Waals surface area contributed by atoms with Crippen molar-refractivity contribution in [2.75, 3.05) is 13.1 Å². The van der Waals surface area contributed by atoms with E-state index < -0.39 is 0 Å². The zero-order valence-corrected chi connectivity index (χ0v) is 7.81. The molecule has 0 radical (unpaired) electrons. The Kier molecular flexibility index (Phi) is 2.32. The van der Waals surface area contributed by atoms with Crippen LogP contribution in [0.2, 0.25) is 0 Å². The maximum atomic E-state index is 13.4. The van der Waals surface area contributed by atoms with Gasteiger partial charge in [-0.1, -0.05) is 17.7 Å². The monoisotopic (exact) mass is 179 g/mol. The topological polar surface area (TPSA) is 12.0 Å². The minimum Gasteiger partial charge on any atom is -0.316 e. The predicted molar refractivity (Wildman–Crippen MR) is 51.4 cm³/mol. The summed E-state index contributed by atoms with van der Waals surface area (Å²) in [5, 5.41) is 3.25. The van der Waals surface area contributed by atoms with E-state index in [0.29, 0.717) is 5.92 Å². The van der Waals surface area contributed by atoms with Crippen LogP contribution in [0, 0.1) is 12.7 Å². The van der Waals surface area contributed by atoms with Crippen molar-refractivity contribution >= 4 is 0 Å². The van der Waals surface area contributed by atoms with Crippen molar-refractivity contribution in [1.29, 1.82) is 0 Å². The number of hydrogen-bond donors (Lipinski definition) is 1. The summed E-state index contributed by atoms with van der Waals surface area (Å²) >= 11 is 0. The Hall–Kier alpha value is -0.890. The lowest BCUT2D eigenvalue weighted by molar-refractivity contribution is 0.587. The Bertz CT molecular complexity index is 303. The first-order valence-corrected chi connectivity index (χ1v) is 4.74. The van der Waals surface area contributed by atoms with Gasteiger partial charge in [-0.15, -0.1) is 0 Å². The smallest absolute Gasteiger partial charge is 0.126 e. The molecule has 1 aromatic rings. The second-order valence-corrected chi connectivity index (χ2v) is 3.71. The fraction of sp³-hybridized carbons (Fsp3) is 0.455. The van der Waals surface area contributed by atoms with E-state index >= 15 is 0 Å². The fourth-order valence-corrected chi connectivity index (χ4v) is 1.90. The summed E-state index contributed by atoms with van der Waals surface area (Å²) in [6, 6.07) is 5.36. The molecule has 2 rings (SSSR count). The van der Waals surface area contributed by atoms with E-state index in [2.05, 4.69) is 5.32 Å². The zero-order valence-electron chi connectivity index (χ0n) is 7.81. The molecule has 1 aliphatic heterocycles. The van der Waals surface area contributed by atoms with Crippen molar-refractivity contribution in [2.24, 2.45) is 0 Å². The van der Waals surface area contributed by atoms with Gasteiger partial charge < -0.3 is 5.32 Å². The molecule has 1 N–H and O–H groups in total. The van der Waals surface area contributed by atoms with E-state index in [9.17, 15) is 4.39 Å². The predicted octanol–water partition coefficient (Wildman–Crippen LogP) is 2.21. The third-order valence-corrected chi connectivity index (χ3v) is 2.65. The normalized spacial score (nSPS) is 22.2. The molecule has 1 nitrogen and oxygen atoms in total. The van der Waals surface area contributed by atoms with Gasteiger partial charge in [0, 0.05) is 12.5 Å². The molecule has 1 atom stereocenters. The molecule has 1 heterocycles. The second-order valence-electron chi connectivity index (χ2n) is 3.71.